The number of H-pyrrole nitrogens is 2. The summed E-state index contributed by atoms with van der Waals surface area (Å²) < 4.78 is 0. The number of carbonyl (C=O) groups excluding carboxylic acids is 3. The van der Waals surface area contributed by atoms with Crippen LogP contribution in [0.4, 0.5) is 0 Å². The zero-order valence-corrected chi connectivity index (χ0v) is 20.4. The van der Waals surface area contributed by atoms with Gasteiger partial charge in [0.05, 0.1) is 18.5 Å². The summed E-state index contributed by atoms with van der Waals surface area (Å²) in [4.78, 5) is 59.3. The number of aromatic amines is 2. The van der Waals surface area contributed by atoms with Crippen molar-refractivity contribution >= 4 is 34.6 Å². The van der Waals surface area contributed by atoms with E-state index in [2.05, 4.69) is 30.9 Å². The van der Waals surface area contributed by atoms with Crippen LogP contribution in [-0.2, 0) is 32.0 Å². The number of carboxylic acids is 1. The standard InChI is InChI=1S/C24H31N7O6/c1-12(29-22(34)17(25)7-14-9-27-18-6-4-3-5-16(14)18)21(33)31-20(13(2)32)23(35)30-19(24(36)37)8-15-10-26-11-28-15/h3-6,9-13,17,19-20,27,32H,7-8,25H2,1-2H3,(H,26,28)(H,29,34)(H,30,35)(H,31,33)(H,36,37). The molecule has 2 heterocycles. The zero-order chi connectivity index (χ0) is 27.1. The first kappa shape index (κ1) is 27.4. The number of nitrogens with two attached hydrogens (primary N) is 1. The summed E-state index contributed by atoms with van der Waals surface area (Å²) in [5.41, 5.74) is 8.30. The Balaban J connectivity index is 1.57. The molecule has 0 radical (unpaired) electrons. The molecule has 5 unspecified atom stereocenters. The number of hydrogen-bond donors (Lipinski definition) is 8. The molecule has 13 heteroatoms. The van der Waals surface area contributed by atoms with Crippen molar-refractivity contribution in [2.24, 2.45) is 5.73 Å². The number of aromatic nitrogens is 3. The minimum absolute atomic E-state index is 0.0810. The Morgan fingerprint density at radius 1 is 1.00 bits per heavy atom. The molecule has 0 aliphatic rings. The number of carbonyl (C=O) groups is 4. The Labute approximate surface area is 212 Å². The van der Waals surface area contributed by atoms with Crippen molar-refractivity contribution < 1.29 is 29.4 Å². The number of carboxylic acid groups (broad SMARTS) is 1. The Morgan fingerprint density at radius 3 is 2.38 bits per heavy atom. The van der Waals surface area contributed by atoms with E-state index >= 15 is 0 Å². The van der Waals surface area contributed by atoms with Gasteiger partial charge in [-0.15, -0.1) is 0 Å². The summed E-state index contributed by atoms with van der Waals surface area (Å²) in [6.07, 6.45) is 3.37. The van der Waals surface area contributed by atoms with E-state index < -0.39 is 54.0 Å². The largest absolute Gasteiger partial charge is 0.480 e. The monoisotopic (exact) mass is 513 g/mol. The SMILES string of the molecule is CC(NC(=O)C(N)Cc1c[nH]c2ccccc12)C(=O)NC(C(=O)NC(Cc1cnc[nH]1)C(=O)O)C(C)O. The van der Waals surface area contributed by atoms with Crippen molar-refractivity contribution in [3.8, 4) is 0 Å². The maximum absolute atomic E-state index is 12.7. The average molecular weight is 514 g/mol. The summed E-state index contributed by atoms with van der Waals surface area (Å²) in [5, 5.41) is 27.6. The second-order valence-corrected chi connectivity index (χ2v) is 8.81. The number of aliphatic hydroxyl groups excluding tert-OH is 1. The predicted octanol–water partition coefficient (Wildman–Crippen LogP) is -1.06. The van der Waals surface area contributed by atoms with Gasteiger partial charge in [0.2, 0.25) is 17.7 Å². The lowest BCUT2D eigenvalue weighted by molar-refractivity contribution is -0.143. The quantitative estimate of drug-likeness (QED) is 0.149. The van der Waals surface area contributed by atoms with Crippen LogP contribution in [0, 0.1) is 0 Å². The van der Waals surface area contributed by atoms with Crippen molar-refractivity contribution in [1.82, 2.24) is 30.9 Å². The smallest absolute Gasteiger partial charge is 0.326 e. The number of aliphatic carboxylic acids is 1. The van der Waals surface area contributed by atoms with Gasteiger partial charge in [-0.1, -0.05) is 18.2 Å². The second kappa shape index (κ2) is 12.1. The highest BCUT2D eigenvalue weighted by molar-refractivity contribution is 5.94. The van der Waals surface area contributed by atoms with E-state index in [9.17, 15) is 29.4 Å². The molecule has 0 aliphatic carbocycles. The summed E-state index contributed by atoms with van der Waals surface area (Å²) in [6, 6.07) is 2.76. The van der Waals surface area contributed by atoms with Crippen molar-refractivity contribution in [3.63, 3.8) is 0 Å². The second-order valence-electron chi connectivity index (χ2n) is 8.81. The van der Waals surface area contributed by atoms with Gasteiger partial charge in [-0.3, -0.25) is 14.4 Å². The molecule has 1 aromatic carbocycles. The molecule has 13 nitrogen and oxygen atoms in total. The van der Waals surface area contributed by atoms with Crippen LogP contribution in [-0.4, -0.2) is 79.1 Å². The van der Waals surface area contributed by atoms with Crippen LogP contribution in [0.2, 0.25) is 0 Å². The first-order chi connectivity index (χ1) is 17.6. The minimum atomic E-state index is -1.46. The molecule has 3 rings (SSSR count). The molecule has 3 aromatic rings. The first-order valence-electron chi connectivity index (χ1n) is 11.7. The molecule has 3 amide bonds. The summed E-state index contributed by atoms with van der Waals surface area (Å²) in [7, 11) is 0. The summed E-state index contributed by atoms with van der Waals surface area (Å²) in [5.74, 6) is -3.53. The lowest BCUT2D eigenvalue weighted by Gasteiger charge is -2.25. The fourth-order valence-corrected chi connectivity index (χ4v) is 3.78. The molecule has 0 spiro atoms. The van der Waals surface area contributed by atoms with E-state index in [4.69, 9.17) is 5.73 Å². The molecule has 37 heavy (non-hydrogen) atoms. The number of hydrogen-bond acceptors (Lipinski definition) is 7. The number of fused-ring (bicyclic) bond motifs is 1. The van der Waals surface area contributed by atoms with Gasteiger partial charge in [-0.25, -0.2) is 9.78 Å². The molecule has 5 atom stereocenters. The average Bonchev–Trinajstić information content (AvgIpc) is 3.51. The van der Waals surface area contributed by atoms with Gasteiger partial charge in [0, 0.05) is 35.4 Å². The van der Waals surface area contributed by atoms with Gasteiger partial charge in [0.25, 0.3) is 0 Å². The molecular formula is C24H31N7O6. The highest BCUT2D eigenvalue weighted by atomic mass is 16.4. The molecule has 0 saturated heterocycles. The van der Waals surface area contributed by atoms with E-state index in [1.807, 2.05) is 24.3 Å². The third-order valence-corrected chi connectivity index (χ3v) is 5.86. The van der Waals surface area contributed by atoms with Crippen LogP contribution in [0.15, 0.2) is 43.0 Å². The molecule has 198 valence electrons. The maximum atomic E-state index is 12.7. The number of rotatable bonds is 12. The highest BCUT2D eigenvalue weighted by Crippen LogP contribution is 2.18. The number of para-hydroxylation sites is 1. The van der Waals surface area contributed by atoms with Crippen LogP contribution < -0.4 is 21.7 Å². The number of imidazole rings is 1. The van der Waals surface area contributed by atoms with Gasteiger partial charge < -0.3 is 41.9 Å². The Morgan fingerprint density at radius 2 is 1.73 bits per heavy atom. The van der Waals surface area contributed by atoms with Crippen LogP contribution >= 0.6 is 0 Å². The minimum Gasteiger partial charge on any atom is -0.480 e. The highest BCUT2D eigenvalue weighted by Gasteiger charge is 2.31. The molecule has 0 fully saturated rings. The molecular weight excluding hydrogens is 482 g/mol. The van der Waals surface area contributed by atoms with E-state index in [0.717, 1.165) is 16.5 Å². The van der Waals surface area contributed by atoms with Crippen LogP contribution in [0.3, 0.4) is 0 Å². The van der Waals surface area contributed by atoms with Gasteiger partial charge in [0.1, 0.15) is 18.1 Å². The molecule has 0 saturated carbocycles. The van der Waals surface area contributed by atoms with Crippen molar-refractivity contribution in [2.45, 2.75) is 57.0 Å². The van der Waals surface area contributed by atoms with Gasteiger partial charge in [0.15, 0.2) is 0 Å². The van der Waals surface area contributed by atoms with Crippen LogP contribution in [0.1, 0.15) is 25.1 Å². The van der Waals surface area contributed by atoms with Gasteiger partial charge >= 0.3 is 5.97 Å². The van der Waals surface area contributed by atoms with Gasteiger partial charge in [-0.2, -0.15) is 0 Å². The van der Waals surface area contributed by atoms with Crippen LogP contribution in [0.5, 0.6) is 0 Å². The lowest BCUT2D eigenvalue weighted by atomic mass is 10.0. The van der Waals surface area contributed by atoms with Gasteiger partial charge in [-0.05, 0) is 31.9 Å². The third kappa shape index (κ3) is 7.15. The van der Waals surface area contributed by atoms with E-state index in [-0.39, 0.29) is 12.8 Å². The lowest BCUT2D eigenvalue weighted by Crippen LogP contribution is -2.59. The topological polar surface area (TPSA) is 215 Å². The Hall–Kier alpha value is -4.23. The molecule has 2 aromatic heterocycles. The van der Waals surface area contributed by atoms with Crippen molar-refractivity contribution in [3.05, 3.63) is 54.2 Å². The molecule has 9 N–H and O–H groups in total. The van der Waals surface area contributed by atoms with Crippen molar-refractivity contribution in [2.75, 3.05) is 0 Å². The van der Waals surface area contributed by atoms with Crippen LogP contribution in [0.25, 0.3) is 10.9 Å². The first-order valence-corrected chi connectivity index (χ1v) is 11.7. The normalized spacial score (nSPS) is 15.2. The predicted molar refractivity (Wildman–Crippen MR) is 133 cm³/mol. The van der Waals surface area contributed by atoms with E-state index in [1.54, 1.807) is 6.20 Å². The number of nitrogens with one attached hydrogen (secondary N) is 5. The third-order valence-electron chi connectivity index (χ3n) is 5.86. The van der Waals surface area contributed by atoms with E-state index in [1.165, 1.54) is 26.4 Å². The number of benzene rings is 1. The summed E-state index contributed by atoms with van der Waals surface area (Å²) in [6.45, 7) is 2.68. The fourth-order valence-electron chi connectivity index (χ4n) is 3.78. The Bertz CT molecular complexity index is 1240. The fraction of sp³-hybridized carbons (Fsp3) is 0.375. The molecule has 0 bridgehead atoms. The molecule has 0 aliphatic heterocycles. The number of amides is 3. The number of aliphatic hydroxyl groups is 1. The van der Waals surface area contributed by atoms with Crippen molar-refractivity contribution in [1.29, 1.82) is 0 Å². The Kier molecular flexibility index (Phi) is 8.98. The number of nitrogens with zero attached hydrogens (tertiary/aromatic N) is 1. The maximum Gasteiger partial charge on any atom is 0.326 e. The summed E-state index contributed by atoms with van der Waals surface area (Å²) >= 11 is 0. The van der Waals surface area contributed by atoms with E-state index in [0.29, 0.717) is 5.69 Å². The zero-order valence-electron chi connectivity index (χ0n) is 20.4.